The number of hydrogen-bond acceptors (Lipinski definition) is 2. The predicted molar refractivity (Wildman–Crippen MR) is 71.4 cm³/mol. The minimum atomic E-state index is 0.395. The summed E-state index contributed by atoms with van der Waals surface area (Å²) in [4.78, 5) is 4.29. The van der Waals surface area contributed by atoms with Crippen LogP contribution in [0.15, 0.2) is 36.7 Å². The van der Waals surface area contributed by atoms with Gasteiger partial charge in [-0.15, -0.1) is 0 Å². The molecule has 0 amide bonds. The Morgan fingerprint density at radius 3 is 2.82 bits per heavy atom. The quantitative estimate of drug-likeness (QED) is 0.895. The average molecular weight is 250 g/mol. The van der Waals surface area contributed by atoms with E-state index < -0.39 is 0 Å². The van der Waals surface area contributed by atoms with Crippen molar-refractivity contribution in [2.24, 2.45) is 0 Å². The molecule has 0 radical (unpaired) electrons. The van der Waals surface area contributed by atoms with E-state index in [1.54, 1.807) is 6.20 Å². The molecule has 4 heteroatoms. The van der Waals surface area contributed by atoms with Crippen LogP contribution in [0.1, 0.15) is 25.5 Å². The Bertz CT molecular complexity index is 491. The smallest absolute Gasteiger partial charge is 0.203 e. The first-order valence-electron chi connectivity index (χ1n) is 5.68. The molecule has 0 aliphatic heterocycles. The van der Waals surface area contributed by atoms with Crippen molar-refractivity contribution in [2.45, 2.75) is 26.4 Å². The molecule has 0 spiro atoms. The van der Waals surface area contributed by atoms with Gasteiger partial charge in [0.1, 0.15) is 0 Å². The number of anilines is 1. The molecule has 1 aromatic heterocycles. The summed E-state index contributed by atoms with van der Waals surface area (Å²) in [6.07, 6.45) is 3.77. The maximum absolute atomic E-state index is 6.10. The van der Waals surface area contributed by atoms with Crippen LogP contribution in [0.3, 0.4) is 0 Å². The zero-order valence-corrected chi connectivity index (χ0v) is 10.8. The van der Waals surface area contributed by atoms with Gasteiger partial charge in [0, 0.05) is 30.0 Å². The van der Waals surface area contributed by atoms with Gasteiger partial charge in [0.15, 0.2) is 0 Å². The minimum Gasteiger partial charge on any atom is -0.352 e. The first-order valence-corrected chi connectivity index (χ1v) is 6.06. The number of aromatic nitrogens is 2. The van der Waals surface area contributed by atoms with Crippen LogP contribution in [-0.4, -0.2) is 9.55 Å². The molecule has 2 aromatic rings. The fourth-order valence-electron chi connectivity index (χ4n) is 1.68. The molecule has 0 saturated carbocycles. The second-order valence-corrected chi connectivity index (χ2v) is 4.60. The Labute approximate surface area is 106 Å². The molecule has 0 bridgehead atoms. The molecule has 1 aromatic carbocycles. The number of imidazole rings is 1. The number of nitrogens with zero attached hydrogens (tertiary/aromatic N) is 2. The van der Waals surface area contributed by atoms with Crippen LogP contribution in [0, 0.1) is 0 Å². The second kappa shape index (κ2) is 5.23. The monoisotopic (exact) mass is 249 g/mol. The summed E-state index contributed by atoms with van der Waals surface area (Å²) < 4.78 is 2.09. The number of hydrogen-bond donors (Lipinski definition) is 1. The van der Waals surface area contributed by atoms with Crippen molar-refractivity contribution in [3.8, 4) is 0 Å². The molecular weight excluding hydrogens is 234 g/mol. The summed E-state index contributed by atoms with van der Waals surface area (Å²) >= 11 is 6.10. The van der Waals surface area contributed by atoms with Crippen molar-refractivity contribution in [1.82, 2.24) is 9.55 Å². The standard InChI is InChI=1S/C13H16ClN3/c1-10(2)17-8-7-15-13(17)16-9-11-5-3-4-6-12(11)14/h3-8,10H,9H2,1-2H3,(H,15,16). The Kier molecular flexibility index (Phi) is 3.69. The highest BCUT2D eigenvalue weighted by atomic mass is 35.5. The molecule has 0 aliphatic carbocycles. The van der Waals surface area contributed by atoms with Gasteiger partial charge >= 0.3 is 0 Å². The van der Waals surface area contributed by atoms with Gasteiger partial charge in [-0.3, -0.25) is 0 Å². The SMILES string of the molecule is CC(C)n1ccnc1NCc1ccccc1Cl. The third-order valence-corrected chi connectivity index (χ3v) is 2.99. The summed E-state index contributed by atoms with van der Waals surface area (Å²) in [7, 11) is 0. The van der Waals surface area contributed by atoms with Crippen LogP contribution in [0.2, 0.25) is 5.02 Å². The van der Waals surface area contributed by atoms with Crippen LogP contribution in [0.5, 0.6) is 0 Å². The van der Waals surface area contributed by atoms with Gasteiger partial charge in [0.05, 0.1) is 0 Å². The molecule has 1 N–H and O–H groups in total. The first kappa shape index (κ1) is 12.0. The van der Waals surface area contributed by atoms with E-state index in [9.17, 15) is 0 Å². The molecule has 0 unspecified atom stereocenters. The van der Waals surface area contributed by atoms with Crippen molar-refractivity contribution < 1.29 is 0 Å². The summed E-state index contributed by atoms with van der Waals surface area (Å²) in [5.74, 6) is 0.875. The van der Waals surface area contributed by atoms with Gasteiger partial charge in [0.25, 0.3) is 0 Å². The topological polar surface area (TPSA) is 29.9 Å². The van der Waals surface area contributed by atoms with Gasteiger partial charge in [-0.05, 0) is 25.5 Å². The van der Waals surface area contributed by atoms with Crippen molar-refractivity contribution >= 4 is 17.5 Å². The normalized spacial score (nSPS) is 10.8. The van der Waals surface area contributed by atoms with E-state index in [-0.39, 0.29) is 0 Å². The van der Waals surface area contributed by atoms with Gasteiger partial charge in [-0.2, -0.15) is 0 Å². The lowest BCUT2D eigenvalue weighted by Crippen LogP contribution is -2.09. The average Bonchev–Trinajstić information content (AvgIpc) is 2.76. The van der Waals surface area contributed by atoms with Crippen LogP contribution in [-0.2, 0) is 6.54 Å². The van der Waals surface area contributed by atoms with Crippen molar-refractivity contribution in [2.75, 3.05) is 5.32 Å². The van der Waals surface area contributed by atoms with E-state index in [1.165, 1.54) is 0 Å². The van der Waals surface area contributed by atoms with Crippen LogP contribution in [0.25, 0.3) is 0 Å². The number of halogens is 1. The van der Waals surface area contributed by atoms with Gasteiger partial charge < -0.3 is 9.88 Å². The third kappa shape index (κ3) is 2.80. The summed E-state index contributed by atoms with van der Waals surface area (Å²) in [6, 6.07) is 8.22. The Morgan fingerprint density at radius 2 is 2.12 bits per heavy atom. The molecular formula is C13H16ClN3. The second-order valence-electron chi connectivity index (χ2n) is 4.20. The van der Waals surface area contributed by atoms with E-state index in [2.05, 4.69) is 28.7 Å². The Balaban J connectivity index is 2.08. The van der Waals surface area contributed by atoms with Crippen LogP contribution in [0.4, 0.5) is 5.95 Å². The third-order valence-electron chi connectivity index (χ3n) is 2.62. The number of benzene rings is 1. The molecule has 17 heavy (non-hydrogen) atoms. The molecule has 0 atom stereocenters. The summed E-state index contributed by atoms with van der Waals surface area (Å²) in [6.45, 7) is 4.94. The Hall–Kier alpha value is -1.48. The number of rotatable bonds is 4. The van der Waals surface area contributed by atoms with Crippen molar-refractivity contribution in [1.29, 1.82) is 0 Å². The lowest BCUT2D eigenvalue weighted by molar-refractivity contribution is 0.604. The molecule has 90 valence electrons. The highest BCUT2D eigenvalue weighted by Gasteiger charge is 2.06. The van der Waals surface area contributed by atoms with E-state index >= 15 is 0 Å². The summed E-state index contributed by atoms with van der Waals surface area (Å²) in [5.41, 5.74) is 1.08. The fourth-order valence-corrected chi connectivity index (χ4v) is 1.89. The number of nitrogens with one attached hydrogen (secondary N) is 1. The van der Waals surface area contributed by atoms with Crippen LogP contribution < -0.4 is 5.32 Å². The zero-order valence-electron chi connectivity index (χ0n) is 10.0. The highest BCUT2D eigenvalue weighted by molar-refractivity contribution is 6.31. The molecule has 1 heterocycles. The van der Waals surface area contributed by atoms with E-state index in [4.69, 9.17) is 11.6 Å². The van der Waals surface area contributed by atoms with Crippen molar-refractivity contribution in [3.05, 3.63) is 47.2 Å². The zero-order chi connectivity index (χ0) is 12.3. The molecule has 0 fully saturated rings. The van der Waals surface area contributed by atoms with Crippen molar-refractivity contribution in [3.63, 3.8) is 0 Å². The maximum atomic E-state index is 6.10. The molecule has 2 rings (SSSR count). The van der Waals surface area contributed by atoms with E-state index in [1.807, 2.05) is 30.5 Å². The van der Waals surface area contributed by atoms with Gasteiger partial charge in [-0.25, -0.2) is 4.98 Å². The highest BCUT2D eigenvalue weighted by Crippen LogP contribution is 2.17. The van der Waals surface area contributed by atoms with Crippen LogP contribution >= 0.6 is 11.6 Å². The largest absolute Gasteiger partial charge is 0.352 e. The van der Waals surface area contributed by atoms with Gasteiger partial charge in [0.2, 0.25) is 5.95 Å². The maximum Gasteiger partial charge on any atom is 0.203 e. The predicted octanol–water partition coefficient (Wildman–Crippen LogP) is 3.73. The Morgan fingerprint density at radius 1 is 1.35 bits per heavy atom. The van der Waals surface area contributed by atoms with Gasteiger partial charge in [-0.1, -0.05) is 29.8 Å². The molecule has 0 aliphatic rings. The van der Waals surface area contributed by atoms with E-state index in [0.717, 1.165) is 16.5 Å². The molecule has 3 nitrogen and oxygen atoms in total. The molecule has 0 saturated heterocycles. The lowest BCUT2D eigenvalue weighted by atomic mass is 10.2. The lowest BCUT2D eigenvalue weighted by Gasteiger charge is -2.13. The summed E-state index contributed by atoms with van der Waals surface area (Å²) in [5, 5.41) is 4.08. The van der Waals surface area contributed by atoms with E-state index in [0.29, 0.717) is 12.6 Å². The minimum absolute atomic E-state index is 0.395. The fraction of sp³-hybridized carbons (Fsp3) is 0.308. The first-order chi connectivity index (χ1) is 8.18.